The van der Waals surface area contributed by atoms with Crippen LogP contribution < -0.4 is 4.89 Å². The lowest BCUT2D eigenvalue weighted by atomic mass is 10.5. The molecule has 1 rings (SSSR count). The fraction of sp³-hybridized carbons (Fsp3) is 0.923. The maximum atomic E-state index is 10.8. The smallest absolute Gasteiger partial charge is 0.268 e. The molecule has 1 aliphatic heterocycles. The Balaban J connectivity index is 0.000000367. The van der Waals surface area contributed by atoms with Crippen LogP contribution in [0.15, 0.2) is 0 Å². The molecule has 20 heavy (non-hydrogen) atoms. The van der Waals surface area contributed by atoms with E-state index in [9.17, 15) is 9.46 Å². The zero-order valence-electron chi connectivity index (χ0n) is 13.8. The van der Waals surface area contributed by atoms with Crippen molar-refractivity contribution in [2.45, 2.75) is 53.8 Å². The van der Waals surface area contributed by atoms with Crippen LogP contribution >= 0.6 is 7.82 Å². The Labute approximate surface area is 123 Å². The Morgan fingerprint density at radius 1 is 1.30 bits per heavy atom. The highest BCUT2D eigenvalue weighted by Crippen LogP contribution is 2.40. The minimum absolute atomic E-state index is 0.364. The lowest BCUT2D eigenvalue weighted by Gasteiger charge is -2.26. The Hall–Kier alpha value is -0.420. The molecular weight excluding hydrogens is 279 g/mol. The van der Waals surface area contributed by atoms with Crippen molar-refractivity contribution in [1.29, 1.82) is 0 Å². The number of hydrogen-bond acceptors (Lipinski definition) is 5. The maximum absolute atomic E-state index is 10.8. The van der Waals surface area contributed by atoms with Gasteiger partial charge in [0.25, 0.3) is 7.82 Å². The lowest BCUT2D eigenvalue weighted by Crippen LogP contribution is -2.25. The summed E-state index contributed by atoms with van der Waals surface area (Å²) >= 11 is 0. The molecular formula is C13H29N2O4P. The average molecular weight is 308 g/mol. The standard InChI is InChI=1S/C7H15N2.C6H15O4P/c1-4-9-6-5-8(3)7(9)2;1-5(2)9-11(7,8)10-6(3)4/h4-6H2,1-3H3;5-6H,1-4H3,(H,7,8)/q+1;/p-1. The van der Waals surface area contributed by atoms with E-state index >= 15 is 0 Å². The zero-order valence-corrected chi connectivity index (χ0v) is 14.6. The van der Waals surface area contributed by atoms with Crippen molar-refractivity contribution >= 4 is 13.7 Å². The molecule has 0 aromatic heterocycles. The van der Waals surface area contributed by atoms with Crippen LogP contribution in [0.1, 0.15) is 41.5 Å². The summed E-state index contributed by atoms with van der Waals surface area (Å²) < 4.78 is 22.2. The van der Waals surface area contributed by atoms with Crippen molar-refractivity contribution in [2.75, 3.05) is 26.7 Å². The Morgan fingerprint density at radius 2 is 1.75 bits per heavy atom. The average Bonchev–Trinajstić information content (AvgIpc) is 2.56. The first-order valence-corrected chi connectivity index (χ1v) is 8.52. The minimum atomic E-state index is -4.05. The van der Waals surface area contributed by atoms with Crippen LogP contribution in [0, 0.1) is 0 Å². The molecule has 0 bridgehead atoms. The van der Waals surface area contributed by atoms with Gasteiger partial charge in [0.2, 0.25) is 5.84 Å². The summed E-state index contributed by atoms with van der Waals surface area (Å²) in [5.41, 5.74) is 0. The maximum Gasteiger partial charge on any atom is 0.268 e. The molecule has 0 unspecified atom stereocenters. The van der Waals surface area contributed by atoms with E-state index in [0.717, 1.165) is 6.54 Å². The van der Waals surface area contributed by atoms with Gasteiger partial charge in [-0.3, -0.25) is 14.0 Å². The van der Waals surface area contributed by atoms with Crippen molar-refractivity contribution in [3.8, 4) is 0 Å². The molecule has 0 saturated heterocycles. The van der Waals surface area contributed by atoms with Gasteiger partial charge in [0.15, 0.2) is 0 Å². The highest BCUT2D eigenvalue weighted by atomic mass is 31.2. The van der Waals surface area contributed by atoms with Crippen molar-refractivity contribution in [2.24, 2.45) is 0 Å². The SMILES string of the molecule is CC(C)OP(=O)([O-])OC(C)C.CCN1CC[N+](C)=C1C. The van der Waals surface area contributed by atoms with Gasteiger partial charge in [0, 0.05) is 6.92 Å². The Kier molecular flexibility index (Phi) is 8.59. The lowest BCUT2D eigenvalue weighted by molar-refractivity contribution is -0.487. The quantitative estimate of drug-likeness (QED) is 0.571. The van der Waals surface area contributed by atoms with E-state index in [1.165, 1.54) is 18.9 Å². The van der Waals surface area contributed by atoms with Gasteiger partial charge >= 0.3 is 0 Å². The van der Waals surface area contributed by atoms with Gasteiger partial charge in [0.1, 0.15) is 13.1 Å². The van der Waals surface area contributed by atoms with Gasteiger partial charge in [-0.15, -0.1) is 0 Å². The molecule has 0 N–H and O–H groups in total. The summed E-state index contributed by atoms with van der Waals surface area (Å²) in [5, 5.41) is 0. The molecule has 7 heteroatoms. The second kappa shape index (κ2) is 8.78. The summed E-state index contributed by atoms with van der Waals surface area (Å²) in [4.78, 5) is 13.2. The highest BCUT2D eigenvalue weighted by Gasteiger charge is 2.21. The second-order valence-electron chi connectivity index (χ2n) is 5.30. The van der Waals surface area contributed by atoms with Gasteiger partial charge in [-0.25, -0.2) is 0 Å². The molecule has 6 nitrogen and oxygen atoms in total. The number of phosphoric ester groups is 1. The van der Waals surface area contributed by atoms with Crippen LogP contribution in [0.2, 0.25) is 0 Å². The first-order chi connectivity index (χ1) is 9.09. The first-order valence-electron chi connectivity index (χ1n) is 7.06. The van der Waals surface area contributed by atoms with E-state index in [2.05, 4.69) is 39.4 Å². The molecule has 0 radical (unpaired) electrons. The number of hydrogen-bond donors (Lipinski definition) is 0. The predicted molar refractivity (Wildman–Crippen MR) is 79.0 cm³/mol. The second-order valence-corrected chi connectivity index (χ2v) is 6.62. The van der Waals surface area contributed by atoms with E-state index in [-0.39, 0.29) is 12.2 Å². The van der Waals surface area contributed by atoms with Crippen LogP contribution in [-0.2, 0) is 13.6 Å². The molecule has 0 aliphatic carbocycles. The van der Waals surface area contributed by atoms with Crippen LogP contribution in [0.4, 0.5) is 0 Å². The molecule has 120 valence electrons. The summed E-state index contributed by atoms with van der Waals surface area (Å²) in [7, 11) is -1.91. The predicted octanol–water partition coefficient (Wildman–Crippen LogP) is 1.69. The number of amidine groups is 1. The van der Waals surface area contributed by atoms with Gasteiger partial charge < -0.3 is 13.9 Å². The van der Waals surface area contributed by atoms with E-state index in [1.54, 1.807) is 27.7 Å². The number of likely N-dealkylation sites (N-methyl/N-ethyl adjacent to an activating group) is 2. The molecule has 0 atom stereocenters. The fourth-order valence-electron chi connectivity index (χ4n) is 1.76. The van der Waals surface area contributed by atoms with E-state index in [0.29, 0.717) is 0 Å². The molecule has 0 saturated carbocycles. The monoisotopic (exact) mass is 308 g/mol. The van der Waals surface area contributed by atoms with Crippen molar-refractivity contribution in [1.82, 2.24) is 4.90 Å². The highest BCUT2D eigenvalue weighted by molar-refractivity contribution is 7.45. The third-order valence-corrected chi connectivity index (χ3v) is 4.14. The third-order valence-electron chi connectivity index (χ3n) is 2.78. The van der Waals surface area contributed by atoms with Crippen molar-refractivity contribution in [3.63, 3.8) is 0 Å². The normalized spacial score (nSPS) is 16.0. The first kappa shape index (κ1) is 19.6. The molecule has 0 aromatic rings. The number of nitrogens with zero attached hydrogens (tertiary/aromatic N) is 2. The molecule has 0 aromatic carbocycles. The van der Waals surface area contributed by atoms with Crippen LogP contribution in [0.3, 0.4) is 0 Å². The Morgan fingerprint density at radius 3 is 1.95 bits per heavy atom. The van der Waals surface area contributed by atoms with Gasteiger partial charge in [0.05, 0.1) is 25.8 Å². The Bertz CT molecular complexity index is 355. The molecule has 1 heterocycles. The molecule has 0 amide bonds. The topological polar surface area (TPSA) is 64.8 Å². The molecule has 0 spiro atoms. The molecule has 1 aliphatic rings. The van der Waals surface area contributed by atoms with Gasteiger partial charge in [-0.2, -0.15) is 0 Å². The van der Waals surface area contributed by atoms with Gasteiger partial charge in [-0.05, 0) is 34.6 Å². The minimum Gasteiger partial charge on any atom is -0.756 e. The van der Waals surface area contributed by atoms with Crippen molar-refractivity contribution < 1.29 is 23.1 Å². The van der Waals surface area contributed by atoms with Crippen LogP contribution in [-0.4, -0.2) is 54.2 Å². The molecule has 0 fully saturated rings. The van der Waals surface area contributed by atoms with E-state index in [4.69, 9.17) is 0 Å². The summed E-state index contributed by atoms with van der Waals surface area (Å²) in [6.07, 6.45) is -0.728. The van der Waals surface area contributed by atoms with Gasteiger partial charge in [-0.1, -0.05) is 0 Å². The summed E-state index contributed by atoms with van der Waals surface area (Å²) in [6.45, 7) is 14.5. The van der Waals surface area contributed by atoms with Crippen molar-refractivity contribution in [3.05, 3.63) is 0 Å². The summed E-state index contributed by atoms with van der Waals surface area (Å²) in [5.74, 6) is 1.41. The summed E-state index contributed by atoms with van der Waals surface area (Å²) in [6, 6.07) is 0. The number of phosphoric acid groups is 1. The van der Waals surface area contributed by atoms with Crippen LogP contribution in [0.5, 0.6) is 0 Å². The van der Waals surface area contributed by atoms with E-state index in [1.807, 2.05) is 0 Å². The van der Waals surface area contributed by atoms with Crippen LogP contribution in [0.25, 0.3) is 0 Å². The fourth-order valence-corrected chi connectivity index (χ4v) is 2.85. The zero-order chi connectivity index (χ0) is 15.9. The number of rotatable bonds is 5. The van der Waals surface area contributed by atoms with E-state index < -0.39 is 7.82 Å². The largest absolute Gasteiger partial charge is 0.756 e. The third kappa shape index (κ3) is 8.00.